The van der Waals surface area contributed by atoms with E-state index in [-0.39, 0.29) is 27.1 Å². The van der Waals surface area contributed by atoms with Crippen LogP contribution in [0.15, 0.2) is 23.1 Å². The molecule has 1 aromatic rings. The zero-order valence-electron chi connectivity index (χ0n) is 9.41. The Kier molecular flexibility index (Phi) is 4.58. The van der Waals surface area contributed by atoms with Crippen molar-refractivity contribution in [2.45, 2.75) is 30.4 Å². The highest BCUT2D eigenvalue weighted by atomic mass is 35.5. The predicted octanol–water partition coefficient (Wildman–Crippen LogP) is 3.13. The van der Waals surface area contributed by atoms with Gasteiger partial charge in [0, 0.05) is 6.42 Å². The van der Waals surface area contributed by atoms with Crippen LogP contribution in [0.4, 0.5) is 0 Å². The summed E-state index contributed by atoms with van der Waals surface area (Å²) < 4.78 is 24.4. The first kappa shape index (κ1) is 14.5. The van der Waals surface area contributed by atoms with Crippen LogP contribution >= 0.6 is 23.2 Å². The first-order valence-electron chi connectivity index (χ1n) is 5.03. The lowest BCUT2D eigenvalue weighted by atomic mass is 10.2. The molecule has 1 atom stereocenters. The Balaban J connectivity index is 3.37. The molecular weight excluding hydrogens is 283 g/mol. The number of carbonyl (C=O) groups excluding carboxylic acids is 1. The topological polar surface area (TPSA) is 51.2 Å². The third-order valence-corrected chi connectivity index (χ3v) is 5.53. The molecule has 1 rings (SSSR count). The largest absolute Gasteiger partial charge is 0.298 e. The Morgan fingerprint density at radius 3 is 2.18 bits per heavy atom. The second kappa shape index (κ2) is 5.38. The van der Waals surface area contributed by atoms with Gasteiger partial charge in [-0.15, -0.1) is 0 Å². The Morgan fingerprint density at radius 1 is 1.29 bits per heavy atom. The number of halogens is 2. The van der Waals surface area contributed by atoms with E-state index in [0.717, 1.165) is 0 Å². The van der Waals surface area contributed by atoms with Crippen molar-refractivity contribution in [1.82, 2.24) is 0 Å². The molecule has 0 amide bonds. The van der Waals surface area contributed by atoms with E-state index in [1.54, 1.807) is 13.0 Å². The highest BCUT2D eigenvalue weighted by molar-refractivity contribution is 7.93. The number of ketones is 1. The van der Waals surface area contributed by atoms with Gasteiger partial charge in [0.25, 0.3) is 0 Å². The van der Waals surface area contributed by atoms with E-state index in [1.165, 1.54) is 19.1 Å². The molecule has 0 saturated heterocycles. The summed E-state index contributed by atoms with van der Waals surface area (Å²) >= 11 is 11.7. The summed E-state index contributed by atoms with van der Waals surface area (Å²) in [6, 6.07) is 4.42. The summed E-state index contributed by atoms with van der Waals surface area (Å²) in [5.41, 5.74) is 0. The van der Waals surface area contributed by atoms with Gasteiger partial charge >= 0.3 is 0 Å². The van der Waals surface area contributed by atoms with Crippen molar-refractivity contribution in [3.63, 3.8) is 0 Å². The Hall–Kier alpha value is -0.580. The lowest BCUT2D eigenvalue weighted by molar-refractivity contribution is -0.118. The van der Waals surface area contributed by atoms with Crippen LogP contribution in [-0.2, 0) is 14.6 Å². The van der Waals surface area contributed by atoms with Gasteiger partial charge in [0.1, 0.15) is 10.1 Å². The number of carbonyl (C=O) groups is 1. The Bertz CT molecular complexity index is 517. The van der Waals surface area contributed by atoms with Crippen molar-refractivity contribution < 1.29 is 13.2 Å². The van der Waals surface area contributed by atoms with Crippen molar-refractivity contribution in [1.29, 1.82) is 0 Å². The van der Waals surface area contributed by atoms with Crippen LogP contribution in [0.3, 0.4) is 0 Å². The number of benzene rings is 1. The van der Waals surface area contributed by atoms with E-state index in [4.69, 9.17) is 23.2 Å². The molecule has 0 heterocycles. The molecule has 0 N–H and O–H groups in total. The van der Waals surface area contributed by atoms with Crippen molar-refractivity contribution in [3.05, 3.63) is 28.2 Å². The van der Waals surface area contributed by atoms with Crippen molar-refractivity contribution >= 4 is 38.8 Å². The third kappa shape index (κ3) is 2.81. The van der Waals surface area contributed by atoms with Gasteiger partial charge in [-0.1, -0.05) is 36.2 Å². The zero-order valence-corrected chi connectivity index (χ0v) is 11.7. The molecule has 0 bridgehead atoms. The summed E-state index contributed by atoms with van der Waals surface area (Å²) in [4.78, 5) is 11.3. The Labute approximate surface area is 111 Å². The maximum atomic E-state index is 12.2. The van der Waals surface area contributed by atoms with Gasteiger partial charge in [-0.3, -0.25) is 4.79 Å². The van der Waals surface area contributed by atoms with Crippen LogP contribution in [0, 0.1) is 0 Å². The van der Waals surface area contributed by atoms with E-state index < -0.39 is 15.1 Å². The zero-order chi connectivity index (χ0) is 13.2. The molecule has 0 aliphatic carbocycles. The molecule has 0 saturated carbocycles. The molecule has 94 valence electrons. The SMILES string of the molecule is CCC(=O)C(C)S(=O)(=O)c1c(Cl)cccc1Cl. The van der Waals surface area contributed by atoms with Crippen LogP contribution in [0.1, 0.15) is 20.3 Å². The van der Waals surface area contributed by atoms with Gasteiger partial charge < -0.3 is 0 Å². The molecule has 0 spiro atoms. The monoisotopic (exact) mass is 294 g/mol. The van der Waals surface area contributed by atoms with E-state index >= 15 is 0 Å². The van der Waals surface area contributed by atoms with E-state index in [2.05, 4.69) is 0 Å². The highest BCUT2D eigenvalue weighted by Crippen LogP contribution is 2.32. The number of Topliss-reactive ketones (excluding diaryl/α,β-unsaturated/α-hetero) is 1. The third-order valence-electron chi connectivity index (χ3n) is 2.47. The molecular formula is C11H12Cl2O3S. The van der Waals surface area contributed by atoms with Crippen molar-refractivity contribution in [3.8, 4) is 0 Å². The molecule has 1 unspecified atom stereocenters. The molecule has 0 aliphatic heterocycles. The molecule has 3 nitrogen and oxygen atoms in total. The maximum Gasteiger partial charge on any atom is 0.190 e. The second-order valence-electron chi connectivity index (χ2n) is 3.56. The summed E-state index contributed by atoms with van der Waals surface area (Å²) in [6.45, 7) is 2.96. The fraction of sp³-hybridized carbons (Fsp3) is 0.364. The number of hydrogen-bond donors (Lipinski definition) is 0. The van der Waals surface area contributed by atoms with E-state index in [1.807, 2.05) is 0 Å². The Morgan fingerprint density at radius 2 is 1.76 bits per heavy atom. The summed E-state index contributed by atoms with van der Waals surface area (Å²) in [5, 5.41) is -1.06. The highest BCUT2D eigenvalue weighted by Gasteiger charge is 2.31. The molecule has 0 fully saturated rings. The smallest absolute Gasteiger partial charge is 0.190 e. The first-order chi connectivity index (χ1) is 7.82. The number of hydrogen-bond acceptors (Lipinski definition) is 3. The summed E-state index contributed by atoms with van der Waals surface area (Å²) in [6.07, 6.45) is 0.155. The standard InChI is InChI=1S/C11H12Cl2O3S/c1-3-10(14)7(2)17(15,16)11-8(12)5-4-6-9(11)13/h4-7H,3H2,1-2H3. The average Bonchev–Trinajstić information content (AvgIpc) is 2.26. The van der Waals surface area contributed by atoms with Gasteiger partial charge in [0.15, 0.2) is 15.6 Å². The minimum absolute atomic E-state index is 0.0354. The fourth-order valence-electron chi connectivity index (χ4n) is 1.39. The molecule has 0 aliphatic rings. The summed E-state index contributed by atoms with van der Waals surface area (Å²) in [7, 11) is -3.83. The quantitative estimate of drug-likeness (QED) is 0.857. The summed E-state index contributed by atoms with van der Waals surface area (Å²) in [5.74, 6) is -0.360. The van der Waals surface area contributed by atoms with Crippen LogP contribution < -0.4 is 0 Å². The molecule has 0 radical (unpaired) electrons. The normalized spacial score (nSPS) is 13.4. The molecule has 0 aromatic heterocycles. The van der Waals surface area contributed by atoms with Crippen LogP contribution in [0.2, 0.25) is 10.0 Å². The number of sulfone groups is 1. The van der Waals surface area contributed by atoms with Gasteiger partial charge in [-0.2, -0.15) is 0 Å². The maximum absolute atomic E-state index is 12.2. The van der Waals surface area contributed by atoms with Crippen LogP contribution in [-0.4, -0.2) is 19.5 Å². The van der Waals surface area contributed by atoms with Crippen molar-refractivity contribution in [2.75, 3.05) is 0 Å². The predicted molar refractivity (Wildman–Crippen MR) is 68.4 cm³/mol. The fourth-order valence-corrected chi connectivity index (χ4v) is 3.98. The molecule has 17 heavy (non-hydrogen) atoms. The van der Waals surface area contributed by atoms with Crippen LogP contribution in [0.5, 0.6) is 0 Å². The van der Waals surface area contributed by atoms with Gasteiger partial charge in [0.2, 0.25) is 0 Å². The lowest BCUT2D eigenvalue weighted by Gasteiger charge is -2.13. The molecule has 6 heteroatoms. The number of rotatable bonds is 4. The second-order valence-corrected chi connectivity index (χ2v) is 6.58. The van der Waals surface area contributed by atoms with Crippen molar-refractivity contribution in [2.24, 2.45) is 0 Å². The van der Waals surface area contributed by atoms with Gasteiger partial charge in [-0.05, 0) is 19.1 Å². The van der Waals surface area contributed by atoms with E-state index in [0.29, 0.717) is 0 Å². The minimum Gasteiger partial charge on any atom is -0.298 e. The lowest BCUT2D eigenvalue weighted by Crippen LogP contribution is -2.27. The first-order valence-corrected chi connectivity index (χ1v) is 7.33. The minimum atomic E-state index is -3.83. The average molecular weight is 295 g/mol. The molecule has 1 aromatic carbocycles. The van der Waals surface area contributed by atoms with Gasteiger partial charge in [0.05, 0.1) is 10.0 Å². The van der Waals surface area contributed by atoms with Crippen LogP contribution in [0.25, 0.3) is 0 Å². The van der Waals surface area contributed by atoms with E-state index in [9.17, 15) is 13.2 Å². The van der Waals surface area contributed by atoms with Gasteiger partial charge in [-0.25, -0.2) is 8.42 Å².